The van der Waals surface area contributed by atoms with Gasteiger partial charge in [-0.3, -0.25) is 9.59 Å². The van der Waals surface area contributed by atoms with E-state index in [0.717, 1.165) is 0 Å². The van der Waals surface area contributed by atoms with Gasteiger partial charge in [0.1, 0.15) is 6.54 Å². The summed E-state index contributed by atoms with van der Waals surface area (Å²) in [6, 6.07) is -0.372. The molecule has 0 spiro atoms. The van der Waals surface area contributed by atoms with Crippen LogP contribution in [0, 0.1) is 5.92 Å². The van der Waals surface area contributed by atoms with Gasteiger partial charge in [0.25, 0.3) is 0 Å². The highest BCUT2D eigenvalue weighted by Crippen LogP contribution is 2.00. The van der Waals surface area contributed by atoms with Crippen LogP contribution in [0.15, 0.2) is 0 Å². The average Bonchev–Trinajstić information content (AvgIpc) is 2.39. The normalized spacial score (nSPS) is 11.6. The number of hydrogen-bond acceptors (Lipinski definition) is 3. The minimum Gasteiger partial charge on any atom is -0.481 e. The Morgan fingerprint density at radius 3 is 2.20 bits per heavy atom. The van der Waals surface area contributed by atoms with Crippen LogP contribution in [0.4, 0.5) is 4.79 Å². The lowest BCUT2D eigenvalue weighted by Gasteiger charge is -2.23. The Bertz CT molecular complexity index is 343. The van der Waals surface area contributed by atoms with Crippen LogP contribution in [0.5, 0.6) is 0 Å². The third-order valence-corrected chi connectivity index (χ3v) is 3.11. The molecule has 0 saturated heterocycles. The summed E-state index contributed by atoms with van der Waals surface area (Å²) in [6.45, 7) is 6.87. The highest BCUT2D eigenvalue weighted by atomic mass is 16.4. The van der Waals surface area contributed by atoms with Crippen molar-refractivity contribution in [2.45, 2.75) is 27.2 Å². The van der Waals surface area contributed by atoms with Gasteiger partial charge in [-0.25, -0.2) is 4.79 Å². The summed E-state index contributed by atoms with van der Waals surface area (Å²) in [5.74, 6) is -1.49. The maximum atomic E-state index is 11.8. The number of nitrogens with zero attached hydrogens (tertiary/aromatic N) is 2. The third-order valence-electron chi connectivity index (χ3n) is 3.11. The van der Waals surface area contributed by atoms with Crippen LogP contribution >= 0.6 is 0 Å². The first-order valence-corrected chi connectivity index (χ1v) is 6.82. The summed E-state index contributed by atoms with van der Waals surface area (Å²) in [4.78, 5) is 37.1. The second-order valence-corrected chi connectivity index (χ2v) is 4.68. The zero-order valence-corrected chi connectivity index (χ0v) is 12.7. The molecule has 0 aliphatic carbocycles. The number of carbonyl (C=O) groups excluding carboxylic acids is 2. The van der Waals surface area contributed by atoms with Gasteiger partial charge >= 0.3 is 12.0 Å². The molecule has 0 aromatic carbocycles. The molecule has 7 heteroatoms. The zero-order chi connectivity index (χ0) is 15.7. The predicted octanol–water partition coefficient (Wildman–Crippen LogP) is 0.607. The van der Waals surface area contributed by atoms with Crippen molar-refractivity contribution in [1.82, 2.24) is 15.1 Å². The maximum Gasteiger partial charge on any atom is 0.317 e. The average molecular weight is 287 g/mol. The molecule has 20 heavy (non-hydrogen) atoms. The summed E-state index contributed by atoms with van der Waals surface area (Å²) < 4.78 is 0. The largest absolute Gasteiger partial charge is 0.481 e. The van der Waals surface area contributed by atoms with Gasteiger partial charge in [0.2, 0.25) is 5.91 Å². The summed E-state index contributed by atoms with van der Waals surface area (Å²) in [5, 5.41) is 11.3. The van der Waals surface area contributed by atoms with E-state index in [-0.39, 0.29) is 25.0 Å². The molecule has 0 rings (SSSR count). The molecule has 0 radical (unpaired) electrons. The minimum absolute atomic E-state index is 0.0159. The number of nitrogens with one attached hydrogen (secondary N) is 1. The van der Waals surface area contributed by atoms with E-state index in [1.807, 2.05) is 13.8 Å². The molecule has 2 N–H and O–H groups in total. The van der Waals surface area contributed by atoms with Crippen LogP contribution in [0.25, 0.3) is 0 Å². The van der Waals surface area contributed by atoms with Gasteiger partial charge in [0, 0.05) is 26.7 Å². The number of carbonyl (C=O) groups is 3. The van der Waals surface area contributed by atoms with Gasteiger partial charge < -0.3 is 20.2 Å². The van der Waals surface area contributed by atoms with Crippen molar-refractivity contribution < 1.29 is 19.5 Å². The van der Waals surface area contributed by atoms with Crippen LogP contribution < -0.4 is 5.32 Å². The molecule has 0 heterocycles. The third kappa shape index (κ3) is 6.40. The van der Waals surface area contributed by atoms with Crippen molar-refractivity contribution in [1.29, 1.82) is 0 Å². The Kier molecular flexibility index (Phi) is 8.35. The lowest BCUT2D eigenvalue weighted by molar-refractivity contribution is -0.141. The summed E-state index contributed by atoms with van der Waals surface area (Å²) in [6.07, 6.45) is 0.360. The number of amides is 3. The molecule has 0 fully saturated rings. The Morgan fingerprint density at radius 1 is 1.20 bits per heavy atom. The molecule has 0 bridgehead atoms. The van der Waals surface area contributed by atoms with E-state index in [1.54, 1.807) is 11.8 Å². The number of carboxylic acid groups (broad SMARTS) is 1. The topological polar surface area (TPSA) is 90.0 Å². The van der Waals surface area contributed by atoms with Crippen molar-refractivity contribution in [2.75, 3.05) is 33.2 Å². The van der Waals surface area contributed by atoms with Gasteiger partial charge in [0.15, 0.2) is 0 Å². The fourth-order valence-electron chi connectivity index (χ4n) is 1.61. The fourth-order valence-corrected chi connectivity index (χ4v) is 1.61. The Morgan fingerprint density at radius 2 is 1.75 bits per heavy atom. The predicted molar refractivity (Wildman–Crippen MR) is 75.4 cm³/mol. The highest BCUT2D eigenvalue weighted by molar-refractivity contribution is 5.83. The lowest BCUT2D eigenvalue weighted by atomic mass is 10.1. The van der Waals surface area contributed by atoms with Crippen LogP contribution in [0.3, 0.4) is 0 Å². The quantitative estimate of drug-likeness (QED) is 0.684. The second kappa shape index (κ2) is 9.17. The molecule has 1 unspecified atom stereocenters. The van der Waals surface area contributed by atoms with Gasteiger partial charge in [-0.15, -0.1) is 0 Å². The number of urea groups is 1. The molecule has 7 nitrogen and oxygen atoms in total. The Labute approximate surface area is 119 Å². The van der Waals surface area contributed by atoms with Gasteiger partial charge in [0.05, 0.1) is 5.92 Å². The molecule has 0 aliphatic rings. The van der Waals surface area contributed by atoms with Gasteiger partial charge in [-0.1, -0.05) is 6.92 Å². The Hall–Kier alpha value is -1.79. The molecule has 1 atom stereocenters. The molecule has 0 aromatic heterocycles. The molecule has 116 valence electrons. The first kappa shape index (κ1) is 18.2. The first-order valence-electron chi connectivity index (χ1n) is 6.82. The van der Waals surface area contributed by atoms with Gasteiger partial charge in [-0.05, 0) is 20.3 Å². The second-order valence-electron chi connectivity index (χ2n) is 4.68. The smallest absolute Gasteiger partial charge is 0.317 e. The first-order chi connectivity index (χ1) is 9.33. The molecule has 0 aliphatic heterocycles. The SMILES string of the molecule is CCN(CC)C(=O)CN(C)C(=O)NCCC(C)C(=O)O. The number of aliphatic carboxylic acids is 1. The lowest BCUT2D eigenvalue weighted by Crippen LogP contribution is -2.45. The summed E-state index contributed by atoms with van der Waals surface area (Å²) >= 11 is 0. The van der Waals surface area contributed by atoms with E-state index in [2.05, 4.69) is 5.32 Å². The summed E-state index contributed by atoms with van der Waals surface area (Å²) in [7, 11) is 1.54. The molecular formula is C13H25N3O4. The molecule has 0 aromatic rings. The van der Waals surface area contributed by atoms with Gasteiger partial charge in [-0.2, -0.15) is 0 Å². The van der Waals surface area contributed by atoms with Crippen molar-refractivity contribution >= 4 is 17.9 Å². The van der Waals surface area contributed by atoms with E-state index in [9.17, 15) is 14.4 Å². The van der Waals surface area contributed by atoms with Crippen LogP contribution in [-0.2, 0) is 9.59 Å². The summed E-state index contributed by atoms with van der Waals surface area (Å²) in [5.41, 5.74) is 0. The highest BCUT2D eigenvalue weighted by Gasteiger charge is 2.17. The van der Waals surface area contributed by atoms with E-state index in [0.29, 0.717) is 19.5 Å². The number of hydrogen-bond donors (Lipinski definition) is 2. The van der Waals surface area contributed by atoms with Crippen LogP contribution in [-0.4, -0.2) is 66.0 Å². The van der Waals surface area contributed by atoms with Crippen molar-refractivity contribution in [3.63, 3.8) is 0 Å². The van der Waals surface area contributed by atoms with Crippen molar-refractivity contribution in [2.24, 2.45) is 5.92 Å². The monoisotopic (exact) mass is 287 g/mol. The van der Waals surface area contributed by atoms with E-state index in [1.165, 1.54) is 11.9 Å². The number of likely N-dealkylation sites (N-methyl/N-ethyl adjacent to an activating group) is 2. The van der Waals surface area contributed by atoms with E-state index in [4.69, 9.17) is 5.11 Å². The maximum absolute atomic E-state index is 11.8. The number of rotatable bonds is 8. The standard InChI is InChI=1S/C13H25N3O4/c1-5-16(6-2)11(17)9-15(4)13(20)14-8-7-10(3)12(18)19/h10H,5-9H2,1-4H3,(H,14,20)(H,18,19). The Balaban J connectivity index is 4.10. The van der Waals surface area contributed by atoms with Crippen LogP contribution in [0.2, 0.25) is 0 Å². The van der Waals surface area contributed by atoms with E-state index < -0.39 is 11.9 Å². The minimum atomic E-state index is -0.885. The van der Waals surface area contributed by atoms with E-state index >= 15 is 0 Å². The molecule has 0 saturated carbocycles. The zero-order valence-electron chi connectivity index (χ0n) is 12.7. The molecule has 3 amide bonds. The van der Waals surface area contributed by atoms with Crippen LogP contribution in [0.1, 0.15) is 27.2 Å². The van der Waals surface area contributed by atoms with Crippen molar-refractivity contribution in [3.8, 4) is 0 Å². The molecular weight excluding hydrogens is 262 g/mol. The van der Waals surface area contributed by atoms with Crippen molar-refractivity contribution in [3.05, 3.63) is 0 Å². The number of carboxylic acids is 1. The fraction of sp³-hybridized carbons (Fsp3) is 0.769.